The van der Waals surface area contributed by atoms with E-state index in [2.05, 4.69) is 60.6 Å². The van der Waals surface area contributed by atoms with Gasteiger partial charge in [0.05, 0.1) is 6.10 Å². The third-order valence-electron chi connectivity index (χ3n) is 11.3. The summed E-state index contributed by atoms with van der Waals surface area (Å²) < 4.78 is 0. The fraction of sp³-hybridized carbons (Fsp3) is 0.867. The number of rotatable bonds is 5. The molecular weight excluding hydrogens is 376 g/mol. The van der Waals surface area contributed by atoms with Crippen molar-refractivity contribution in [1.82, 2.24) is 0 Å². The van der Waals surface area contributed by atoms with Gasteiger partial charge in [-0.1, -0.05) is 64.8 Å². The van der Waals surface area contributed by atoms with Gasteiger partial charge in [-0.25, -0.2) is 0 Å². The molecule has 0 radical (unpaired) electrons. The van der Waals surface area contributed by atoms with Gasteiger partial charge in [-0.2, -0.15) is 0 Å². The summed E-state index contributed by atoms with van der Waals surface area (Å²) in [6.45, 7) is 17.1. The van der Waals surface area contributed by atoms with Crippen LogP contribution in [-0.2, 0) is 0 Å². The van der Waals surface area contributed by atoms with Crippen LogP contribution in [0.4, 0.5) is 0 Å². The maximum atomic E-state index is 10.5. The summed E-state index contributed by atoms with van der Waals surface area (Å²) >= 11 is 0. The van der Waals surface area contributed by atoms with Gasteiger partial charge in [0.15, 0.2) is 0 Å². The van der Waals surface area contributed by atoms with Crippen molar-refractivity contribution >= 4 is 0 Å². The van der Waals surface area contributed by atoms with E-state index in [1.807, 2.05) is 5.57 Å². The summed E-state index contributed by atoms with van der Waals surface area (Å²) in [6, 6.07) is 0. The minimum atomic E-state index is -0.0773. The highest BCUT2D eigenvalue weighted by molar-refractivity contribution is 5.28. The Morgan fingerprint density at radius 3 is 2.42 bits per heavy atom. The Morgan fingerprint density at radius 2 is 1.74 bits per heavy atom. The minimum absolute atomic E-state index is 0.0773. The molecule has 0 heterocycles. The second-order valence-electron chi connectivity index (χ2n) is 12.9. The fourth-order valence-corrected chi connectivity index (χ4v) is 9.28. The van der Waals surface area contributed by atoms with E-state index in [1.165, 1.54) is 51.4 Å². The first kappa shape index (κ1) is 23.6. The van der Waals surface area contributed by atoms with Crippen molar-refractivity contribution < 1.29 is 5.11 Å². The molecule has 0 spiro atoms. The molecule has 176 valence electrons. The molecule has 1 N–H and O–H groups in total. The molecule has 0 amide bonds. The summed E-state index contributed by atoms with van der Waals surface area (Å²) in [4.78, 5) is 0. The van der Waals surface area contributed by atoms with Crippen LogP contribution in [0.3, 0.4) is 0 Å². The second kappa shape index (κ2) is 8.66. The number of hydrogen-bond donors (Lipinski definition) is 1. The molecule has 0 aliphatic heterocycles. The molecule has 9 atom stereocenters. The average Bonchev–Trinajstić information content (AvgIpc) is 3.08. The number of aliphatic hydroxyl groups excluding tert-OH is 1. The normalized spacial score (nSPS) is 46.2. The van der Waals surface area contributed by atoms with Gasteiger partial charge in [-0.05, 0) is 117 Å². The molecule has 0 saturated heterocycles. The van der Waals surface area contributed by atoms with E-state index in [0.717, 1.165) is 30.1 Å². The van der Waals surface area contributed by atoms with E-state index >= 15 is 0 Å². The Kier molecular flexibility index (Phi) is 6.59. The summed E-state index contributed by atoms with van der Waals surface area (Å²) in [5.74, 6) is 5.16. The van der Waals surface area contributed by atoms with Crippen LogP contribution in [0.15, 0.2) is 23.3 Å². The van der Waals surface area contributed by atoms with Gasteiger partial charge in [-0.3, -0.25) is 0 Å². The van der Waals surface area contributed by atoms with Crippen molar-refractivity contribution in [3.63, 3.8) is 0 Å². The van der Waals surface area contributed by atoms with E-state index in [-0.39, 0.29) is 6.10 Å². The van der Waals surface area contributed by atoms with Crippen LogP contribution in [0.2, 0.25) is 0 Å². The summed E-state index contributed by atoms with van der Waals surface area (Å²) in [6.07, 6.45) is 16.8. The molecule has 0 bridgehead atoms. The van der Waals surface area contributed by atoms with Crippen molar-refractivity contribution in [2.45, 2.75) is 112 Å². The molecule has 3 fully saturated rings. The van der Waals surface area contributed by atoms with Crippen molar-refractivity contribution in [3.05, 3.63) is 23.3 Å². The molecule has 0 aromatic heterocycles. The predicted octanol–water partition coefficient (Wildman–Crippen LogP) is 8.19. The van der Waals surface area contributed by atoms with Gasteiger partial charge in [0, 0.05) is 0 Å². The van der Waals surface area contributed by atoms with Crippen LogP contribution in [0.1, 0.15) is 106 Å². The number of fused-ring (bicyclic) bond motifs is 5. The molecule has 1 heteroatoms. The Morgan fingerprint density at radius 1 is 1.06 bits per heavy atom. The maximum absolute atomic E-state index is 10.5. The second-order valence-corrected chi connectivity index (χ2v) is 12.9. The Hall–Kier alpha value is -0.560. The Labute approximate surface area is 193 Å². The predicted molar refractivity (Wildman–Crippen MR) is 133 cm³/mol. The van der Waals surface area contributed by atoms with Gasteiger partial charge in [0.1, 0.15) is 0 Å². The molecule has 0 aromatic rings. The molecule has 0 aromatic carbocycles. The highest BCUT2D eigenvalue weighted by atomic mass is 16.3. The van der Waals surface area contributed by atoms with Crippen LogP contribution >= 0.6 is 0 Å². The van der Waals surface area contributed by atoms with E-state index in [1.54, 1.807) is 5.57 Å². The first-order chi connectivity index (χ1) is 14.6. The smallest absolute Gasteiger partial charge is 0.0568 e. The van der Waals surface area contributed by atoms with Crippen LogP contribution in [-0.4, -0.2) is 11.2 Å². The largest absolute Gasteiger partial charge is 0.393 e. The van der Waals surface area contributed by atoms with Gasteiger partial charge >= 0.3 is 0 Å². The van der Waals surface area contributed by atoms with Crippen LogP contribution in [0, 0.1) is 52.3 Å². The summed E-state index contributed by atoms with van der Waals surface area (Å²) in [7, 11) is 0. The van der Waals surface area contributed by atoms with Crippen molar-refractivity contribution in [2.24, 2.45) is 52.3 Å². The topological polar surface area (TPSA) is 20.2 Å². The maximum Gasteiger partial charge on any atom is 0.0568 e. The third kappa shape index (κ3) is 3.79. The van der Waals surface area contributed by atoms with E-state index in [0.29, 0.717) is 28.6 Å². The summed E-state index contributed by atoms with van der Waals surface area (Å²) in [5.41, 5.74) is 4.45. The molecule has 4 aliphatic carbocycles. The van der Waals surface area contributed by atoms with Gasteiger partial charge in [0.25, 0.3) is 0 Å². The van der Waals surface area contributed by atoms with Crippen molar-refractivity contribution in [1.29, 1.82) is 0 Å². The molecule has 1 nitrogen and oxygen atoms in total. The van der Waals surface area contributed by atoms with E-state index in [4.69, 9.17) is 0 Å². The zero-order valence-electron chi connectivity index (χ0n) is 21.6. The van der Waals surface area contributed by atoms with E-state index < -0.39 is 0 Å². The van der Waals surface area contributed by atoms with Gasteiger partial charge < -0.3 is 5.11 Å². The fourth-order valence-electron chi connectivity index (χ4n) is 9.28. The van der Waals surface area contributed by atoms with E-state index in [9.17, 15) is 5.11 Å². The van der Waals surface area contributed by atoms with Gasteiger partial charge in [-0.15, -0.1) is 0 Å². The van der Waals surface area contributed by atoms with Crippen molar-refractivity contribution in [2.75, 3.05) is 0 Å². The molecule has 4 aliphatic rings. The molecule has 3 saturated carbocycles. The Bertz CT molecular complexity index is 716. The minimum Gasteiger partial charge on any atom is -0.393 e. The quantitative estimate of drug-likeness (QED) is 0.439. The molecular formula is C30H50O. The molecule has 4 rings (SSSR count). The lowest BCUT2D eigenvalue weighted by molar-refractivity contribution is -0.0773. The number of allylic oxidation sites excluding steroid dienone is 4. The monoisotopic (exact) mass is 426 g/mol. The summed E-state index contributed by atoms with van der Waals surface area (Å²) in [5, 5.41) is 10.5. The number of hydrogen-bond acceptors (Lipinski definition) is 1. The molecule has 1 unspecified atom stereocenters. The lowest BCUT2D eigenvalue weighted by Crippen LogP contribution is -2.52. The van der Waals surface area contributed by atoms with Crippen LogP contribution < -0.4 is 0 Å². The highest BCUT2D eigenvalue weighted by Crippen LogP contribution is 2.67. The standard InChI is InChI=1S/C30H50O/c1-8-22(19(2)3)10-9-20(4)24-13-14-26-23-11-12-25-21(5)28(31)16-18-30(25,7)27(23)15-17-29(24,26)6/h8,11,19-21,24-28,31H,9-10,12-18H2,1-7H3/b22-8-/t20-,21?,24-,25+,26+,27+,28+,29-,30+/m1/s1. The molecule has 31 heavy (non-hydrogen) atoms. The Balaban J connectivity index is 1.51. The lowest BCUT2D eigenvalue weighted by atomic mass is 9.46. The average molecular weight is 427 g/mol. The first-order valence-electron chi connectivity index (χ1n) is 13.7. The van der Waals surface area contributed by atoms with Crippen LogP contribution in [0.5, 0.6) is 0 Å². The first-order valence-corrected chi connectivity index (χ1v) is 13.7. The van der Waals surface area contributed by atoms with Crippen molar-refractivity contribution in [3.8, 4) is 0 Å². The zero-order chi connectivity index (χ0) is 22.6. The third-order valence-corrected chi connectivity index (χ3v) is 11.3. The lowest BCUT2D eigenvalue weighted by Gasteiger charge is -2.59. The van der Waals surface area contributed by atoms with Crippen LogP contribution in [0.25, 0.3) is 0 Å². The zero-order valence-corrected chi connectivity index (χ0v) is 21.6. The SMILES string of the molecule is C/C=C(/CC[C@@H](C)[C@H]1CC[C@H]2C3=CC[C@H]4C(C)[C@@H](O)CC[C@]4(C)[C@H]3CC[C@]12C)C(C)C. The highest BCUT2D eigenvalue weighted by Gasteiger charge is 2.59. The van der Waals surface area contributed by atoms with Gasteiger partial charge in [0.2, 0.25) is 0 Å². The number of aliphatic hydroxyl groups is 1.